The highest BCUT2D eigenvalue weighted by Gasteiger charge is 2.12. The number of hydrogen-bond acceptors (Lipinski definition) is 4. The van der Waals surface area contributed by atoms with Crippen LogP contribution in [0.25, 0.3) is 0 Å². The predicted octanol–water partition coefficient (Wildman–Crippen LogP) is 1.68. The molecule has 1 aliphatic rings. The Kier molecular flexibility index (Phi) is 4.37. The molecule has 0 aromatic carbocycles. The maximum absolute atomic E-state index is 9.05. The van der Waals surface area contributed by atoms with Crippen LogP contribution in [0.1, 0.15) is 25.0 Å². The van der Waals surface area contributed by atoms with Gasteiger partial charge in [0.2, 0.25) is 0 Å². The van der Waals surface area contributed by atoms with Gasteiger partial charge in [0.05, 0.1) is 6.20 Å². The lowest BCUT2D eigenvalue weighted by Crippen LogP contribution is -2.22. The van der Waals surface area contributed by atoms with Crippen LogP contribution in [0.2, 0.25) is 0 Å². The van der Waals surface area contributed by atoms with Crippen molar-refractivity contribution in [3.05, 3.63) is 24.0 Å². The summed E-state index contributed by atoms with van der Waals surface area (Å²) in [5.74, 6) is 5.87. The second kappa shape index (κ2) is 6.24. The highest BCUT2D eigenvalue weighted by molar-refractivity contribution is 5.30. The zero-order chi connectivity index (χ0) is 11.9. The van der Waals surface area contributed by atoms with Gasteiger partial charge in [0.25, 0.3) is 0 Å². The molecular weight excluding hydrogens is 218 g/mol. The van der Waals surface area contributed by atoms with Crippen LogP contribution in [-0.2, 0) is 9.47 Å². The number of aromatic hydroxyl groups is 1. The minimum absolute atomic E-state index is 0.106. The molecule has 0 bridgehead atoms. The van der Waals surface area contributed by atoms with Crippen LogP contribution in [0.15, 0.2) is 18.3 Å². The number of aromatic nitrogens is 1. The van der Waals surface area contributed by atoms with Crippen molar-refractivity contribution in [3.63, 3.8) is 0 Å². The number of hydrogen-bond donors (Lipinski definition) is 1. The van der Waals surface area contributed by atoms with Gasteiger partial charge in [-0.05, 0) is 37.3 Å². The SMILES string of the molecule is Oc1ccc(C#CCO[C@H]2CCCCO2)nc1. The van der Waals surface area contributed by atoms with Crippen LogP contribution in [-0.4, -0.2) is 29.6 Å². The maximum Gasteiger partial charge on any atom is 0.158 e. The van der Waals surface area contributed by atoms with Gasteiger partial charge in [-0.15, -0.1) is 0 Å². The molecular formula is C13H15NO3. The predicted molar refractivity (Wildman–Crippen MR) is 62.3 cm³/mol. The first-order valence-electron chi connectivity index (χ1n) is 5.72. The molecule has 0 saturated carbocycles. The lowest BCUT2D eigenvalue weighted by atomic mass is 10.2. The van der Waals surface area contributed by atoms with Gasteiger partial charge >= 0.3 is 0 Å². The highest BCUT2D eigenvalue weighted by Crippen LogP contribution is 2.13. The third kappa shape index (κ3) is 4.06. The van der Waals surface area contributed by atoms with Crippen LogP contribution in [0.4, 0.5) is 0 Å². The molecule has 4 nitrogen and oxygen atoms in total. The van der Waals surface area contributed by atoms with E-state index >= 15 is 0 Å². The van der Waals surface area contributed by atoms with E-state index in [1.54, 1.807) is 12.1 Å². The first-order valence-corrected chi connectivity index (χ1v) is 5.72. The summed E-state index contributed by atoms with van der Waals surface area (Å²) < 4.78 is 10.9. The molecule has 0 spiro atoms. The van der Waals surface area contributed by atoms with Crippen molar-refractivity contribution < 1.29 is 14.6 Å². The van der Waals surface area contributed by atoms with E-state index in [2.05, 4.69) is 16.8 Å². The summed E-state index contributed by atoms with van der Waals surface area (Å²) in [6.45, 7) is 1.12. The standard InChI is InChI=1S/C13H15NO3/c15-12-7-6-11(14-10-12)4-3-9-17-13-5-1-2-8-16-13/h6-7,10,13,15H,1-2,5,8-9H2/t13-/m0/s1. The van der Waals surface area contributed by atoms with E-state index in [0.29, 0.717) is 12.3 Å². The van der Waals surface area contributed by atoms with Gasteiger partial charge in [-0.2, -0.15) is 0 Å². The van der Waals surface area contributed by atoms with E-state index in [1.807, 2.05) is 0 Å². The topological polar surface area (TPSA) is 51.6 Å². The first kappa shape index (κ1) is 11.9. The van der Waals surface area contributed by atoms with Gasteiger partial charge in [0, 0.05) is 6.61 Å². The smallest absolute Gasteiger partial charge is 0.158 e. The second-order valence-corrected chi connectivity index (χ2v) is 3.81. The summed E-state index contributed by atoms with van der Waals surface area (Å²) in [5, 5.41) is 9.05. The third-order valence-electron chi connectivity index (χ3n) is 2.44. The average molecular weight is 233 g/mol. The second-order valence-electron chi connectivity index (χ2n) is 3.81. The van der Waals surface area contributed by atoms with Crippen molar-refractivity contribution in [1.82, 2.24) is 4.98 Å². The summed E-state index contributed by atoms with van der Waals surface area (Å²) in [5.41, 5.74) is 0.621. The number of nitrogens with zero attached hydrogens (tertiary/aromatic N) is 1. The van der Waals surface area contributed by atoms with Crippen LogP contribution in [0.3, 0.4) is 0 Å². The van der Waals surface area contributed by atoms with Crippen LogP contribution < -0.4 is 0 Å². The average Bonchev–Trinajstić information content (AvgIpc) is 2.38. The van der Waals surface area contributed by atoms with Gasteiger partial charge in [0.15, 0.2) is 6.29 Å². The normalized spacial score (nSPS) is 19.4. The fourth-order valence-corrected chi connectivity index (χ4v) is 1.56. The van der Waals surface area contributed by atoms with Gasteiger partial charge in [-0.3, -0.25) is 0 Å². The molecule has 1 fully saturated rings. The van der Waals surface area contributed by atoms with E-state index in [0.717, 1.165) is 25.9 Å². The Morgan fingerprint density at radius 1 is 1.47 bits per heavy atom. The molecule has 1 aliphatic heterocycles. The molecule has 1 aromatic rings. The molecule has 0 unspecified atom stereocenters. The van der Waals surface area contributed by atoms with Crippen molar-refractivity contribution in [2.75, 3.05) is 13.2 Å². The highest BCUT2D eigenvalue weighted by atomic mass is 16.7. The van der Waals surface area contributed by atoms with E-state index < -0.39 is 0 Å². The van der Waals surface area contributed by atoms with Gasteiger partial charge in [0.1, 0.15) is 18.1 Å². The molecule has 1 saturated heterocycles. The molecule has 0 aliphatic carbocycles. The Hall–Kier alpha value is -1.57. The molecule has 2 heterocycles. The number of pyridine rings is 1. The van der Waals surface area contributed by atoms with E-state index in [4.69, 9.17) is 14.6 Å². The summed E-state index contributed by atoms with van der Waals surface area (Å²) in [6, 6.07) is 3.22. The lowest BCUT2D eigenvalue weighted by Gasteiger charge is -2.21. The fraction of sp³-hybridized carbons (Fsp3) is 0.462. The van der Waals surface area contributed by atoms with Gasteiger partial charge in [-0.25, -0.2) is 4.98 Å². The van der Waals surface area contributed by atoms with Crippen molar-refractivity contribution in [2.45, 2.75) is 25.6 Å². The Bertz CT molecular complexity index is 399. The molecule has 0 amide bonds. The largest absolute Gasteiger partial charge is 0.506 e. The quantitative estimate of drug-likeness (QED) is 0.790. The Morgan fingerprint density at radius 2 is 2.41 bits per heavy atom. The minimum atomic E-state index is -0.106. The summed E-state index contributed by atoms with van der Waals surface area (Å²) in [7, 11) is 0. The van der Waals surface area contributed by atoms with Crippen molar-refractivity contribution in [3.8, 4) is 17.6 Å². The number of rotatable bonds is 2. The van der Waals surface area contributed by atoms with E-state index in [1.165, 1.54) is 6.20 Å². The minimum Gasteiger partial charge on any atom is -0.506 e. The summed E-state index contributed by atoms with van der Waals surface area (Å²) in [4.78, 5) is 3.95. The van der Waals surface area contributed by atoms with Crippen molar-refractivity contribution in [2.24, 2.45) is 0 Å². The Balaban J connectivity index is 1.76. The van der Waals surface area contributed by atoms with Crippen molar-refractivity contribution in [1.29, 1.82) is 0 Å². The summed E-state index contributed by atoms with van der Waals surface area (Å²) >= 11 is 0. The molecule has 4 heteroatoms. The lowest BCUT2D eigenvalue weighted by molar-refractivity contribution is -0.154. The maximum atomic E-state index is 9.05. The van der Waals surface area contributed by atoms with Crippen LogP contribution >= 0.6 is 0 Å². The Morgan fingerprint density at radius 3 is 3.12 bits per heavy atom. The molecule has 1 N–H and O–H groups in total. The fourth-order valence-electron chi connectivity index (χ4n) is 1.56. The zero-order valence-corrected chi connectivity index (χ0v) is 9.56. The molecule has 2 rings (SSSR count). The first-order chi connectivity index (χ1) is 8.34. The number of ether oxygens (including phenoxy) is 2. The monoisotopic (exact) mass is 233 g/mol. The molecule has 0 radical (unpaired) electrons. The van der Waals surface area contributed by atoms with E-state index in [-0.39, 0.29) is 12.0 Å². The molecule has 90 valence electrons. The Labute approximate surface area is 101 Å². The molecule has 17 heavy (non-hydrogen) atoms. The van der Waals surface area contributed by atoms with Gasteiger partial charge in [-0.1, -0.05) is 5.92 Å². The van der Waals surface area contributed by atoms with Gasteiger partial charge < -0.3 is 14.6 Å². The molecule has 1 aromatic heterocycles. The zero-order valence-electron chi connectivity index (χ0n) is 9.56. The third-order valence-corrected chi connectivity index (χ3v) is 2.44. The van der Waals surface area contributed by atoms with E-state index in [9.17, 15) is 0 Å². The van der Waals surface area contributed by atoms with Crippen LogP contribution in [0.5, 0.6) is 5.75 Å². The van der Waals surface area contributed by atoms with Crippen molar-refractivity contribution >= 4 is 0 Å². The molecule has 1 atom stereocenters. The van der Waals surface area contributed by atoms with Crippen LogP contribution in [0, 0.1) is 11.8 Å². The summed E-state index contributed by atoms with van der Waals surface area (Å²) in [6.07, 6.45) is 4.47.